The lowest BCUT2D eigenvalue weighted by molar-refractivity contribution is -0.195. The maximum Gasteiger partial charge on any atom is 0.334 e. The summed E-state index contributed by atoms with van der Waals surface area (Å²) < 4.78 is 16.4. The lowest BCUT2D eigenvalue weighted by Gasteiger charge is -2.39. The molecule has 0 spiro atoms. The van der Waals surface area contributed by atoms with Gasteiger partial charge in [-0.1, -0.05) is 24.3 Å². The molecule has 1 saturated heterocycles. The van der Waals surface area contributed by atoms with E-state index in [1.54, 1.807) is 19.9 Å². The number of hydrogen-bond acceptors (Lipinski definition) is 8. The summed E-state index contributed by atoms with van der Waals surface area (Å²) >= 11 is 0. The van der Waals surface area contributed by atoms with Crippen LogP contribution in [0.5, 0.6) is 0 Å². The number of rotatable bonds is 3. The molecule has 1 aliphatic heterocycles. The first-order valence-corrected chi connectivity index (χ1v) is 9.72. The lowest BCUT2D eigenvalue weighted by Crippen LogP contribution is -2.58. The quantitative estimate of drug-likeness (QED) is 0.319. The van der Waals surface area contributed by atoms with E-state index in [-0.39, 0.29) is 24.0 Å². The molecule has 8 heteroatoms. The van der Waals surface area contributed by atoms with E-state index in [1.165, 1.54) is 19.9 Å². The van der Waals surface area contributed by atoms with E-state index >= 15 is 0 Å². The first-order valence-electron chi connectivity index (χ1n) is 9.72. The fraction of sp³-hybridized carbons (Fsp3) is 0.545. The Bertz CT molecular complexity index is 832. The third-order valence-electron chi connectivity index (χ3n) is 5.54. The first kappa shape index (κ1) is 23.5. The van der Waals surface area contributed by atoms with Crippen molar-refractivity contribution in [3.63, 3.8) is 0 Å². The van der Waals surface area contributed by atoms with Crippen molar-refractivity contribution in [1.82, 2.24) is 0 Å². The predicted octanol–water partition coefficient (Wildman–Crippen LogP) is 1.95. The first-order chi connectivity index (χ1) is 13.9. The predicted molar refractivity (Wildman–Crippen MR) is 106 cm³/mol. The second-order valence-corrected chi connectivity index (χ2v) is 7.90. The minimum absolute atomic E-state index is 0.0182. The van der Waals surface area contributed by atoms with Crippen LogP contribution in [0.4, 0.5) is 0 Å². The number of Topliss-reactive ketones (excluding diaryl/α,β-unsaturated/α-hetero) is 1. The number of aliphatic hydroxyl groups is 1. The Morgan fingerprint density at radius 1 is 1.30 bits per heavy atom. The molecule has 0 aromatic carbocycles. The summed E-state index contributed by atoms with van der Waals surface area (Å²) in [6.07, 6.45) is -0.392. The smallest absolute Gasteiger partial charge is 0.334 e. The topological polar surface area (TPSA) is 116 Å². The second kappa shape index (κ2) is 8.95. The van der Waals surface area contributed by atoms with E-state index in [9.17, 15) is 24.3 Å². The molecule has 0 saturated carbocycles. The minimum atomic E-state index is -2.19. The molecule has 0 aromatic rings. The Balaban J connectivity index is 2.68. The van der Waals surface area contributed by atoms with Crippen LogP contribution >= 0.6 is 0 Å². The summed E-state index contributed by atoms with van der Waals surface area (Å²) in [5.74, 6) is -3.73. The Morgan fingerprint density at radius 2 is 1.93 bits per heavy atom. The molecule has 2 aliphatic rings. The Kier molecular flexibility index (Phi) is 7.02. The van der Waals surface area contributed by atoms with Gasteiger partial charge in [0.2, 0.25) is 0 Å². The molecule has 0 aromatic heterocycles. The monoisotopic (exact) mass is 420 g/mol. The Hall–Kier alpha value is -2.74. The molecule has 1 fully saturated rings. The number of ether oxygens (including phenoxy) is 3. The van der Waals surface area contributed by atoms with E-state index in [0.717, 1.165) is 12.5 Å². The number of hydrogen-bond donors (Lipinski definition) is 1. The second-order valence-electron chi connectivity index (χ2n) is 7.90. The van der Waals surface area contributed by atoms with Crippen LogP contribution in [0.15, 0.2) is 35.5 Å². The molecular formula is C22H28O8. The number of fused-ring (bicyclic) bond motifs is 1. The van der Waals surface area contributed by atoms with E-state index in [2.05, 4.69) is 6.58 Å². The van der Waals surface area contributed by atoms with Crippen molar-refractivity contribution >= 4 is 23.7 Å². The SMILES string of the molecule is C=C1C(=O)O[C@@H]2C/C(C)=C\CC(=O)[C@](C)(O)[C@H](OC(C)=O)[C@@H](OC(=O)/C(C)=C\C)[C@@H]12. The number of allylic oxidation sites excluding steroid dienone is 2. The zero-order chi connectivity index (χ0) is 22.8. The maximum absolute atomic E-state index is 12.8. The van der Waals surface area contributed by atoms with Crippen LogP contribution in [0.25, 0.3) is 0 Å². The van der Waals surface area contributed by atoms with Gasteiger partial charge in [0.15, 0.2) is 23.6 Å². The van der Waals surface area contributed by atoms with Gasteiger partial charge in [0, 0.05) is 30.9 Å². The number of ketones is 1. The van der Waals surface area contributed by atoms with Crippen LogP contribution in [0.2, 0.25) is 0 Å². The molecule has 30 heavy (non-hydrogen) atoms. The van der Waals surface area contributed by atoms with Gasteiger partial charge in [-0.25, -0.2) is 9.59 Å². The molecule has 1 N–H and O–H groups in total. The van der Waals surface area contributed by atoms with Crippen molar-refractivity contribution in [2.75, 3.05) is 0 Å². The summed E-state index contributed by atoms with van der Waals surface area (Å²) in [5, 5.41) is 11.1. The molecule has 0 radical (unpaired) electrons. The molecule has 2 rings (SSSR count). The van der Waals surface area contributed by atoms with E-state index in [1.807, 2.05) is 0 Å². The number of carbonyl (C=O) groups excluding carboxylic acids is 4. The molecule has 0 bridgehead atoms. The van der Waals surface area contributed by atoms with Crippen molar-refractivity contribution in [2.45, 2.75) is 71.4 Å². The standard InChI is InChI=1S/C22H28O8/c1-7-12(3)20(25)30-18-17-13(4)21(26)29-15(17)10-11(2)8-9-16(24)22(6,27)19(18)28-14(5)23/h7-8,15,17-19,27H,4,9-10H2,1-3,5-6H3/b11-8-,12-7-/t15-,17+,18+,19-,22+/m1/s1. The minimum Gasteiger partial charge on any atom is -0.458 e. The highest BCUT2D eigenvalue weighted by Gasteiger charge is 2.55. The molecule has 8 nitrogen and oxygen atoms in total. The number of carbonyl (C=O) groups is 4. The van der Waals surface area contributed by atoms with Gasteiger partial charge >= 0.3 is 17.9 Å². The third-order valence-corrected chi connectivity index (χ3v) is 5.54. The number of esters is 3. The molecule has 1 heterocycles. The van der Waals surface area contributed by atoms with Gasteiger partial charge in [-0.15, -0.1) is 0 Å². The zero-order valence-corrected chi connectivity index (χ0v) is 17.9. The molecule has 5 atom stereocenters. The van der Waals surface area contributed by atoms with E-state index in [0.29, 0.717) is 0 Å². The largest absolute Gasteiger partial charge is 0.458 e. The summed E-state index contributed by atoms with van der Waals surface area (Å²) in [4.78, 5) is 49.5. The van der Waals surface area contributed by atoms with Crippen molar-refractivity contribution in [2.24, 2.45) is 5.92 Å². The van der Waals surface area contributed by atoms with Gasteiger partial charge in [-0.2, -0.15) is 0 Å². The lowest BCUT2D eigenvalue weighted by atomic mass is 9.77. The van der Waals surface area contributed by atoms with Crippen molar-refractivity contribution in [3.05, 3.63) is 35.5 Å². The molecule has 0 amide bonds. The molecule has 1 aliphatic carbocycles. The van der Waals surface area contributed by atoms with Gasteiger partial charge in [-0.05, 0) is 27.7 Å². The van der Waals surface area contributed by atoms with Crippen molar-refractivity contribution in [1.29, 1.82) is 0 Å². The zero-order valence-electron chi connectivity index (χ0n) is 17.9. The molecule has 164 valence electrons. The van der Waals surface area contributed by atoms with E-state index < -0.39 is 53.5 Å². The van der Waals surface area contributed by atoms with Crippen LogP contribution in [-0.2, 0) is 33.4 Å². The normalized spacial score (nSPS) is 34.4. The van der Waals surface area contributed by atoms with Gasteiger partial charge in [0.1, 0.15) is 6.10 Å². The molecular weight excluding hydrogens is 392 g/mol. The van der Waals surface area contributed by atoms with Crippen molar-refractivity contribution < 1.29 is 38.5 Å². The van der Waals surface area contributed by atoms with Gasteiger partial charge < -0.3 is 19.3 Å². The summed E-state index contributed by atoms with van der Waals surface area (Å²) in [5.41, 5.74) is -1.14. The van der Waals surface area contributed by atoms with Crippen LogP contribution < -0.4 is 0 Å². The van der Waals surface area contributed by atoms with Crippen LogP contribution in [0, 0.1) is 5.92 Å². The van der Waals surface area contributed by atoms with Gasteiger partial charge in [0.25, 0.3) is 0 Å². The third kappa shape index (κ3) is 4.70. The maximum atomic E-state index is 12.8. The molecule has 0 unspecified atom stereocenters. The Morgan fingerprint density at radius 3 is 2.50 bits per heavy atom. The average Bonchev–Trinajstić information content (AvgIpc) is 2.94. The van der Waals surface area contributed by atoms with Gasteiger partial charge in [0.05, 0.1) is 5.92 Å². The summed E-state index contributed by atoms with van der Waals surface area (Å²) in [6, 6.07) is 0. The highest BCUT2D eigenvalue weighted by atomic mass is 16.6. The van der Waals surface area contributed by atoms with Crippen LogP contribution in [0.3, 0.4) is 0 Å². The summed E-state index contributed by atoms with van der Waals surface area (Å²) in [7, 11) is 0. The fourth-order valence-corrected chi connectivity index (χ4v) is 3.60. The fourth-order valence-electron chi connectivity index (χ4n) is 3.60. The van der Waals surface area contributed by atoms with Crippen molar-refractivity contribution in [3.8, 4) is 0 Å². The van der Waals surface area contributed by atoms with Crippen LogP contribution in [0.1, 0.15) is 47.5 Å². The van der Waals surface area contributed by atoms with Crippen LogP contribution in [-0.4, -0.2) is 52.7 Å². The highest BCUT2D eigenvalue weighted by molar-refractivity contribution is 5.93. The van der Waals surface area contributed by atoms with E-state index in [4.69, 9.17) is 14.2 Å². The Labute approximate surface area is 175 Å². The summed E-state index contributed by atoms with van der Waals surface area (Å²) in [6.45, 7) is 11.0. The highest BCUT2D eigenvalue weighted by Crippen LogP contribution is 2.40. The van der Waals surface area contributed by atoms with Gasteiger partial charge in [-0.3, -0.25) is 9.59 Å². The average molecular weight is 420 g/mol.